The molecule has 0 aliphatic carbocycles. The van der Waals surface area contributed by atoms with Gasteiger partial charge in [0.05, 0.1) is 7.11 Å². The number of hydrogen-bond acceptors (Lipinski definition) is 5. The summed E-state index contributed by atoms with van der Waals surface area (Å²) >= 11 is 0. The molecule has 0 saturated heterocycles. The highest BCUT2D eigenvalue weighted by atomic mass is 28.4. The molecule has 0 saturated carbocycles. The number of benzene rings is 2. The third-order valence-corrected chi connectivity index (χ3v) is 5.74. The fourth-order valence-corrected chi connectivity index (χ4v) is 4.43. The molecule has 0 spiro atoms. The van der Waals surface area contributed by atoms with E-state index < -0.39 is 28.5 Å². The molecule has 0 N–H and O–H groups in total. The lowest BCUT2D eigenvalue weighted by atomic mass is 9.92. The molecule has 32 heavy (non-hydrogen) atoms. The van der Waals surface area contributed by atoms with Crippen molar-refractivity contribution >= 4 is 34.1 Å². The number of allylic oxidation sites excluding steroid dienone is 1. The van der Waals surface area contributed by atoms with Crippen molar-refractivity contribution in [2.45, 2.75) is 45.2 Å². The maximum Gasteiger partial charge on any atom is 0.405 e. The van der Waals surface area contributed by atoms with E-state index in [1.165, 1.54) is 7.11 Å². The van der Waals surface area contributed by atoms with Crippen LogP contribution in [0.4, 0.5) is 0 Å². The standard InChI is InChI=1S/C24H33NO5Si2/c1-28-24(26)23(25(27)30-32(5,6)7)21(19-14-10-8-11-15-19)18-22(29-31(2,3)4)20-16-12-9-13-17-20/h8-18,21H,1-7H3/b22-18-,25-23+. The summed E-state index contributed by atoms with van der Waals surface area (Å²) in [7, 11) is -3.05. The molecule has 0 amide bonds. The summed E-state index contributed by atoms with van der Waals surface area (Å²) < 4.78 is 17.0. The van der Waals surface area contributed by atoms with Crippen LogP contribution < -0.4 is 0 Å². The Morgan fingerprint density at radius 2 is 1.44 bits per heavy atom. The monoisotopic (exact) mass is 471 g/mol. The number of hydrogen-bond donors (Lipinski definition) is 0. The van der Waals surface area contributed by atoms with Crippen LogP contribution in [0.1, 0.15) is 17.0 Å². The van der Waals surface area contributed by atoms with Crippen molar-refractivity contribution in [1.82, 2.24) is 0 Å². The number of rotatable bonds is 9. The minimum atomic E-state index is -2.29. The van der Waals surface area contributed by atoms with Gasteiger partial charge in [0.2, 0.25) is 8.32 Å². The average Bonchev–Trinajstić information content (AvgIpc) is 2.71. The molecule has 1 unspecified atom stereocenters. The molecule has 1 atom stereocenters. The van der Waals surface area contributed by atoms with Crippen LogP contribution in [0, 0.1) is 5.21 Å². The van der Waals surface area contributed by atoms with Crippen LogP contribution in [0.2, 0.25) is 39.3 Å². The van der Waals surface area contributed by atoms with Crippen LogP contribution in [-0.4, -0.2) is 40.3 Å². The molecule has 0 fully saturated rings. The van der Waals surface area contributed by atoms with Crippen LogP contribution >= 0.6 is 0 Å². The Labute approximate surface area is 192 Å². The van der Waals surface area contributed by atoms with Gasteiger partial charge in [-0.05, 0) is 31.3 Å². The lowest BCUT2D eigenvalue weighted by molar-refractivity contribution is -0.704. The number of methoxy groups -OCH3 is 1. The molecule has 2 aromatic carbocycles. The summed E-state index contributed by atoms with van der Waals surface area (Å²) in [5, 5.41) is 13.1. The largest absolute Gasteiger partial charge is 0.544 e. The van der Waals surface area contributed by atoms with E-state index in [2.05, 4.69) is 19.6 Å². The van der Waals surface area contributed by atoms with E-state index in [0.29, 0.717) is 10.7 Å². The SMILES string of the molecule is COC(=O)/C(C(/C=C(\O[Si](C)(C)C)c1ccccc1)c1ccccc1)=[N+](\[O-])O[Si](C)(C)C. The van der Waals surface area contributed by atoms with Crippen molar-refractivity contribution in [2.75, 3.05) is 7.11 Å². The van der Waals surface area contributed by atoms with E-state index in [0.717, 1.165) is 11.1 Å². The Balaban J connectivity index is 2.77. The molecule has 6 nitrogen and oxygen atoms in total. The first-order valence-corrected chi connectivity index (χ1v) is 17.4. The van der Waals surface area contributed by atoms with Gasteiger partial charge in [-0.2, -0.15) is 0 Å². The number of esters is 1. The highest BCUT2D eigenvalue weighted by Gasteiger charge is 2.36. The number of nitrogens with zero attached hydrogens (tertiary/aromatic N) is 1. The second kappa shape index (κ2) is 10.6. The van der Waals surface area contributed by atoms with Crippen LogP contribution in [0.25, 0.3) is 5.76 Å². The zero-order chi connectivity index (χ0) is 23.9. The van der Waals surface area contributed by atoms with Crippen LogP contribution in [0.3, 0.4) is 0 Å². The van der Waals surface area contributed by atoms with Gasteiger partial charge in [0.25, 0.3) is 0 Å². The molecule has 2 aromatic rings. The van der Waals surface area contributed by atoms with Gasteiger partial charge in [0.15, 0.2) is 8.32 Å². The van der Waals surface area contributed by atoms with Crippen LogP contribution in [0.5, 0.6) is 0 Å². The van der Waals surface area contributed by atoms with Crippen LogP contribution in [-0.2, 0) is 18.5 Å². The molecule has 8 heteroatoms. The topological polar surface area (TPSA) is 70.8 Å². The third-order valence-electron chi connectivity index (χ3n) is 4.19. The zero-order valence-electron chi connectivity index (χ0n) is 19.9. The van der Waals surface area contributed by atoms with Gasteiger partial charge in [-0.15, -0.1) is 0 Å². The summed E-state index contributed by atoms with van der Waals surface area (Å²) in [4.78, 5) is 13.2. The molecule has 0 bridgehead atoms. The third kappa shape index (κ3) is 7.69. The Hall–Kier alpha value is -2.85. The van der Waals surface area contributed by atoms with Crippen molar-refractivity contribution in [3.8, 4) is 0 Å². The Kier molecular flexibility index (Phi) is 8.46. The van der Waals surface area contributed by atoms with Crippen molar-refractivity contribution in [3.63, 3.8) is 0 Å². The van der Waals surface area contributed by atoms with Gasteiger partial charge in [-0.3, -0.25) is 5.21 Å². The number of ether oxygens (including phenoxy) is 1. The molecule has 0 aromatic heterocycles. The van der Waals surface area contributed by atoms with Crippen molar-refractivity contribution in [1.29, 1.82) is 0 Å². The quantitative estimate of drug-likeness (QED) is 0.120. The van der Waals surface area contributed by atoms with E-state index in [4.69, 9.17) is 13.7 Å². The zero-order valence-corrected chi connectivity index (χ0v) is 21.9. The maximum atomic E-state index is 13.1. The predicted molar refractivity (Wildman–Crippen MR) is 133 cm³/mol. The van der Waals surface area contributed by atoms with Crippen molar-refractivity contribution in [2.24, 2.45) is 0 Å². The van der Waals surface area contributed by atoms with Gasteiger partial charge in [-0.25, -0.2) is 4.79 Å². The molecule has 0 aliphatic heterocycles. The average molecular weight is 472 g/mol. The summed E-state index contributed by atoms with van der Waals surface area (Å²) in [6.45, 7) is 11.9. The van der Waals surface area contributed by atoms with Crippen molar-refractivity contribution < 1.29 is 23.4 Å². The van der Waals surface area contributed by atoms with E-state index in [9.17, 15) is 10.0 Å². The van der Waals surface area contributed by atoms with Gasteiger partial charge in [0, 0.05) is 10.5 Å². The Bertz CT molecular complexity index is 961. The van der Waals surface area contributed by atoms with Crippen molar-refractivity contribution in [3.05, 3.63) is 83.1 Å². The minimum Gasteiger partial charge on any atom is -0.544 e. The minimum absolute atomic E-state index is 0.145. The maximum absolute atomic E-state index is 13.1. The molecule has 172 valence electrons. The lowest BCUT2D eigenvalue weighted by Gasteiger charge is -2.25. The van der Waals surface area contributed by atoms with Gasteiger partial charge >= 0.3 is 11.7 Å². The normalized spacial score (nSPS) is 14.3. The first-order chi connectivity index (χ1) is 14.9. The van der Waals surface area contributed by atoms with E-state index in [1.807, 2.05) is 86.4 Å². The van der Waals surface area contributed by atoms with Gasteiger partial charge in [0.1, 0.15) is 11.7 Å². The Morgan fingerprint density at radius 1 is 0.906 bits per heavy atom. The highest BCUT2D eigenvalue weighted by Crippen LogP contribution is 2.29. The molecular formula is C24H33NO5Si2. The number of carbonyl (C=O) groups excluding carboxylic acids is 1. The Morgan fingerprint density at radius 3 is 1.91 bits per heavy atom. The van der Waals surface area contributed by atoms with Crippen LogP contribution in [0.15, 0.2) is 66.7 Å². The summed E-state index contributed by atoms with van der Waals surface area (Å²) in [5.74, 6) is -0.866. The predicted octanol–water partition coefficient (Wildman–Crippen LogP) is 5.55. The first kappa shape index (κ1) is 25.4. The van der Waals surface area contributed by atoms with E-state index in [1.54, 1.807) is 0 Å². The number of carbonyl (C=O) groups is 1. The second-order valence-electron chi connectivity index (χ2n) is 9.34. The summed E-state index contributed by atoms with van der Waals surface area (Å²) in [6, 6.07) is 19.0. The summed E-state index contributed by atoms with van der Waals surface area (Å²) in [6.07, 6.45) is 1.81. The first-order valence-electron chi connectivity index (χ1n) is 10.5. The summed E-state index contributed by atoms with van der Waals surface area (Å²) in [5.41, 5.74) is 1.47. The fourth-order valence-electron chi connectivity index (χ4n) is 2.98. The lowest BCUT2D eigenvalue weighted by Crippen LogP contribution is -2.38. The van der Waals surface area contributed by atoms with E-state index >= 15 is 0 Å². The molecule has 0 aliphatic rings. The molecule has 0 heterocycles. The van der Waals surface area contributed by atoms with Gasteiger partial charge < -0.3 is 13.7 Å². The molecule has 2 rings (SSSR count). The van der Waals surface area contributed by atoms with E-state index in [-0.39, 0.29) is 5.71 Å². The fraction of sp³-hybridized carbons (Fsp3) is 0.333. The smallest absolute Gasteiger partial charge is 0.405 e. The highest BCUT2D eigenvalue weighted by molar-refractivity contribution is 6.70. The molecular weight excluding hydrogens is 438 g/mol. The van der Waals surface area contributed by atoms with Gasteiger partial charge in [-0.1, -0.05) is 80.3 Å². The second-order valence-corrected chi connectivity index (χ2v) is 18.2. The molecule has 0 radical (unpaired) electrons.